The van der Waals surface area contributed by atoms with Gasteiger partial charge in [0.25, 0.3) is 0 Å². The lowest BCUT2D eigenvalue weighted by Gasteiger charge is -2.25. The lowest BCUT2D eigenvalue weighted by molar-refractivity contribution is -0.138. The van der Waals surface area contributed by atoms with Gasteiger partial charge < -0.3 is 14.6 Å². The van der Waals surface area contributed by atoms with Gasteiger partial charge in [-0.15, -0.1) is 0 Å². The predicted molar refractivity (Wildman–Crippen MR) is 72.3 cm³/mol. The third-order valence-corrected chi connectivity index (χ3v) is 3.58. The van der Waals surface area contributed by atoms with Gasteiger partial charge in [0, 0.05) is 11.8 Å². The number of halogens is 2. The highest BCUT2D eigenvalue weighted by molar-refractivity contribution is 6.32. The second kappa shape index (κ2) is 5.48. The van der Waals surface area contributed by atoms with Gasteiger partial charge in [-0.3, -0.25) is 4.79 Å². The van der Waals surface area contributed by atoms with E-state index in [0.29, 0.717) is 25.4 Å². The van der Waals surface area contributed by atoms with E-state index in [1.807, 2.05) is 0 Å². The van der Waals surface area contributed by atoms with Crippen LogP contribution in [0.5, 0.6) is 11.5 Å². The molecule has 0 radical (unpaired) electrons. The maximum absolute atomic E-state index is 14.4. The summed E-state index contributed by atoms with van der Waals surface area (Å²) in [5, 5.41) is 8.79. The molecule has 1 aromatic rings. The van der Waals surface area contributed by atoms with E-state index in [9.17, 15) is 9.18 Å². The van der Waals surface area contributed by atoms with Gasteiger partial charge in [-0.25, -0.2) is 4.39 Å². The van der Waals surface area contributed by atoms with Crippen molar-refractivity contribution in [1.82, 2.24) is 0 Å². The fourth-order valence-electron chi connectivity index (χ4n) is 2.21. The van der Waals surface area contributed by atoms with Crippen LogP contribution >= 0.6 is 11.6 Å². The lowest BCUT2D eigenvalue weighted by atomic mass is 9.81. The van der Waals surface area contributed by atoms with E-state index < -0.39 is 17.2 Å². The minimum Gasteiger partial charge on any atom is -0.489 e. The van der Waals surface area contributed by atoms with Gasteiger partial charge in [0.05, 0.1) is 19.6 Å². The van der Waals surface area contributed by atoms with Crippen molar-refractivity contribution in [3.63, 3.8) is 0 Å². The van der Waals surface area contributed by atoms with E-state index in [4.69, 9.17) is 26.2 Å². The predicted octanol–water partition coefficient (Wildman–Crippen LogP) is 3.39. The van der Waals surface area contributed by atoms with Crippen molar-refractivity contribution in [2.45, 2.75) is 32.1 Å². The number of benzene rings is 1. The van der Waals surface area contributed by atoms with E-state index in [1.54, 1.807) is 13.8 Å². The van der Waals surface area contributed by atoms with Gasteiger partial charge in [-0.05, 0) is 11.6 Å². The SMILES string of the molecule is CC(C)(CC(=O)O)c1cc2c(c(Cl)c1F)OCCCO2. The minimum atomic E-state index is -1.00. The number of hydrogen-bond acceptors (Lipinski definition) is 3. The van der Waals surface area contributed by atoms with Crippen molar-refractivity contribution in [3.05, 3.63) is 22.5 Å². The molecule has 1 N–H and O–H groups in total. The summed E-state index contributed by atoms with van der Waals surface area (Å²) in [4.78, 5) is 10.9. The second-order valence-electron chi connectivity index (χ2n) is 5.38. The minimum absolute atomic E-state index is 0.155. The van der Waals surface area contributed by atoms with Crippen molar-refractivity contribution >= 4 is 17.6 Å². The molecule has 1 aliphatic rings. The monoisotopic (exact) mass is 302 g/mol. The molecule has 0 aliphatic carbocycles. The third kappa shape index (κ3) is 2.82. The molecule has 20 heavy (non-hydrogen) atoms. The second-order valence-corrected chi connectivity index (χ2v) is 5.76. The summed E-state index contributed by atoms with van der Waals surface area (Å²) in [5.74, 6) is -1.10. The molecule has 0 unspecified atom stereocenters. The van der Waals surface area contributed by atoms with Gasteiger partial charge >= 0.3 is 5.97 Å². The molecule has 1 heterocycles. The standard InChI is InChI=1S/C14H16ClFO4/c1-14(2,7-10(17)18)8-6-9-13(11(15)12(8)16)20-5-3-4-19-9/h6H,3-5,7H2,1-2H3,(H,17,18). The van der Waals surface area contributed by atoms with Crippen molar-refractivity contribution in [2.75, 3.05) is 13.2 Å². The Morgan fingerprint density at radius 2 is 2.10 bits per heavy atom. The fourth-order valence-corrected chi connectivity index (χ4v) is 2.46. The molecule has 1 aliphatic heterocycles. The highest BCUT2D eigenvalue weighted by Gasteiger charge is 2.32. The number of fused-ring (bicyclic) bond motifs is 1. The van der Waals surface area contributed by atoms with Crippen LogP contribution in [-0.4, -0.2) is 24.3 Å². The first-order valence-corrected chi connectivity index (χ1v) is 6.70. The first-order valence-electron chi connectivity index (χ1n) is 6.33. The molecule has 2 rings (SSSR count). The lowest BCUT2D eigenvalue weighted by Crippen LogP contribution is -2.23. The van der Waals surface area contributed by atoms with Gasteiger partial charge in [0.2, 0.25) is 0 Å². The molecule has 6 heteroatoms. The molecule has 110 valence electrons. The molecular formula is C14H16ClFO4. The average Bonchev–Trinajstić information content (AvgIpc) is 2.57. The summed E-state index contributed by atoms with van der Waals surface area (Å²) in [7, 11) is 0. The van der Waals surface area contributed by atoms with E-state index in [0.717, 1.165) is 0 Å². The number of carboxylic acid groups (broad SMARTS) is 1. The van der Waals surface area contributed by atoms with Crippen LogP contribution in [0.25, 0.3) is 0 Å². The van der Waals surface area contributed by atoms with Crippen LogP contribution < -0.4 is 9.47 Å². The number of carboxylic acids is 1. The first-order chi connectivity index (χ1) is 9.33. The van der Waals surface area contributed by atoms with E-state index >= 15 is 0 Å². The summed E-state index contributed by atoms with van der Waals surface area (Å²) in [6.07, 6.45) is 0.473. The number of carbonyl (C=O) groups is 1. The van der Waals surface area contributed by atoms with Gasteiger partial charge in [-0.2, -0.15) is 0 Å². The molecule has 0 saturated carbocycles. The van der Waals surface area contributed by atoms with Gasteiger partial charge in [0.15, 0.2) is 11.5 Å². The van der Waals surface area contributed by atoms with Crippen LogP contribution in [0.2, 0.25) is 5.02 Å². The van der Waals surface area contributed by atoms with Crippen LogP contribution in [0.1, 0.15) is 32.3 Å². The van der Waals surface area contributed by atoms with E-state index in [-0.39, 0.29) is 22.8 Å². The summed E-state index contributed by atoms with van der Waals surface area (Å²) >= 11 is 6.00. The maximum Gasteiger partial charge on any atom is 0.304 e. The van der Waals surface area contributed by atoms with Crippen molar-refractivity contribution in [2.24, 2.45) is 0 Å². The Labute approximate surface area is 121 Å². The number of ether oxygens (including phenoxy) is 2. The van der Waals surface area contributed by atoms with Crippen LogP contribution in [0, 0.1) is 5.82 Å². The third-order valence-electron chi connectivity index (χ3n) is 3.24. The molecule has 0 saturated heterocycles. The normalized spacial score (nSPS) is 14.8. The highest BCUT2D eigenvalue weighted by atomic mass is 35.5. The fraction of sp³-hybridized carbons (Fsp3) is 0.500. The van der Waals surface area contributed by atoms with E-state index in [2.05, 4.69) is 0 Å². The molecule has 0 amide bonds. The first kappa shape index (κ1) is 14.9. The van der Waals surface area contributed by atoms with Crippen LogP contribution in [0.4, 0.5) is 4.39 Å². The maximum atomic E-state index is 14.4. The quantitative estimate of drug-likeness (QED) is 0.930. The average molecular weight is 303 g/mol. The molecule has 0 bridgehead atoms. The van der Waals surface area contributed by atoms with Crippen molar-refractivity contribution in [3.8, 4) is 11.5 Å². The summed E-state index contributed by atoms with van der Waals surface area (Å²) < 4.78 is 25.3. The van der Waals surface area contributed by atoms with Crippen molar-refractivity contribution in [1.29, 1.82) is 0 Å². The summed E-state index contributed by atoms with van der Waals surface area (Å²) in [5.41, 5.74) is -0.682. The summed E-state index contributed by atoms with van der Waals surface area (Å²) in [6, 6.07) is 1.49. The number of hydrogen-bond donors (Lipinski definition) is 1. The largest absolute Gasteiger partial charge is 0.489 e. The van der Waals surface area contributed by atoms with Crippen molar-refractivity contribution < 1.29 is 23.8 Å². The topological polar surface area (TPSA) is 55.8 Å². The number of rotatable bonds is 3. The highest BCUT2D eigenvalue weighted by Crippen LogP contribution is 2.44. The number of aliphatic carboxylic acids is 1. The molecule has 0 atom stereocenters. The Kier molecular flexibility index (Phi) is 4.09. The molecule has 0 fully saturated rings. The molecular weight excluding hydrogens is 287 g/mol. The molecule has 0 aromatic heterocycles. The zero-order chi connectivity index (χ0) is 14.9. The Bertz CT molecular complexity index is 542. The van der Waals surface area contributed by atoms with E-state index in [1.165, 1.54) is 6.07 Å². The Hall–Kier alpha value is -1.49. The van der Waals surface area contributed by atoms with Crippen LogP contribution in [0.3, 0.4) is 0 Å². The Morgan fingerprint density at radius 3 is 2.75 bits per heavy atom. The smallest absolute Gasteiger partial charge is 0.304 e. The van der Waals surface area contributed by atoms with Gasteiger partial charge in [0.1, 0.15) is 10.8 Å². The van der Waals surface area contributed by atoms with Gasteiger partial charge in [-0.1, -0.05) is 25.4 Å². The molecule has 4 nitrogen and oxygen atoms in total. The Balaban J connectivity index is 2.52. The summed E-state index contributed by atoms with van der Waals surface area (Å²) in [6.45, 7) is 4.16. The van der Waals surface area contributed by atoms with Crippen LogP contribution in [0.15, 0.2) is 6.07 Å². The van der Waals surface area contributed by atoms with Crippen LogP contribution in [-0.2, 0) is 10.2 Å². The molecule has 1 aromatic carbocycles. The zero-order valence-electron chi connectivity index (χ0n) is 11.3. The molecule has 0 spiro atoms. The zero-order valence-corrected chi connectivity index (χ0v) is 12.1. The Morgan fingerprint density at radius 1 is 1.45 bits per heavy atom.